The highest BCUT2D eigenvalue weighted by atomic mass is 35.5. The zero-order valence-electron chi connectivity index (χ0n) is 16.1. The van der Waals surface area contributed by atoms with Crippen LogP contribution in [0.15, 0.2) is 30.5 Å². The summed E-state index contributed by atoms with van der Waals surface area (Å²) in [5, 5.41) is 18.9. The molecule has 0 unspecified atom stereocenters. The van der Waals surface area contributed by atoms with E-state index < -0.39 is 10.0 Å². The average molecular weight is 487 g/mol. The van der Waals surface area contributed by atoms with E-state index in [2.05, 4.69) is 20.6 Å². The zero-order chi connectivity index (χ0) is 21.3. The number of piperidine rings is 1. The summed E-state index contributed by atoms with van der Waals surface area (Å²) in [5.41, 5.74) is 0.814. The molecule has 0 aliphatic carbocycles. The van der Waals surface area contributed by atoms with E-state index in [4.69, 9.17) is 23.2 Å². The molecule has 0 atom stereocenters. The number of benzene rings is 1. The van der Waals surface area contributed by atoms with Gasteiger partial charge in [0, 0.05) is 46.9 Å². The lowest BCUT2D eigenvalue weighted by Gasteiger charge is -2.28. The first-order valence-electron chi connectivity index (χ1n) is 9.31. The molecule has 1 aliphatic heterocycles. The van der Waals surface area contributed by atoms with Crippen LogP contribution in [0.4, 0.5) is 10.9 Å². The van der Waals surface area contributed by atoms with Crippen LogP contribution in [-0.4, -0.2) is 52.0 Å². The summed E-state index contributed by atoms with van der Waals surface area (Å²) in [5.74, 6) is 0.865. The van der Waals surface area contributed by atoms with Gasteiger partial charge in [-0.3, -0.25) is 4.68 Å². The maximum absolute atomic E-state index is 11.7. The van der Waals surface area contributed by atoms with Crippen molar-refractivity contribution in [1.29, 1.82) is 0 Å². The van der Waals surface area contributed by atoms with E-state index in [1.807, 2.05) is 18.3 Å². The lowest BCUT2D eigenvalue weighted by Crippen LogP contribution is -2.37. The molecule has 3 heterocycles. The molecule has 160 valence electrons. The van der Waals surface area contributed by atoms with Gasteiger partial charge in [-0.15, -0.1) is 10.2 Å². The van der Waals surface area contributed by atoms with Crippen molar-refractivity contribution in [1.82, 2.24) is 24.3 Å². The second-order valence-electron chi connectivity index (χ2n) is 7.11. The lowest BCUT2D eigenvalue weighted by molar-refractivity contribution is 0.320. The Morgan fingerprint density at radius 1 is 1.17 bits per heavy atom. The van der Waals surface area contributed by atoms with Crippen LogP contribution in [0.2, 0.25) is 10.0 Å². The van der Waals surface area contributed by atoms with Gasteiger partial charge in [-0.25, -0.2) is 12.7 Å². The van der Waals surface area contributed by atoms with E-state index in [1.54, 1.807) is 16.8 Å². The molecule has 0 saturated carbocycles. The Morgan fingerprint density at radius 3 is 2.53 bits per heavy atom. The van der Waals surface area contributed by atoms with Crippen LogP contribution in [-0.2, 0) is 16.6 Å². The van der Waals surface area contributed by atoms with Gasteiger partial charge in [0.2, 0.25) is 15.2 Å². The number of sulfonamides is 1. The molecule has 12 heteroatoms. The molecule has 0 amide bonds. The first-order valence-corrected chi connectivity index (χ1v) is 12.7. The highest BCUT2D eigenvalue weighted by Gasteiger charge is 2.27. The molecular weight excluding hydrogens is 467 g/mol. The molecule has 1 fully saturated rings. The maximum atomic E-state index is 11.7. The Hall–Kier alpha value is -1.72. The average Bonchev–Trinajstić information content (AvgIpc) is 3.34. The van der Waals surface area contributed by atoms with Crippen LogP contribution in [0.25, 0.3) is 0 Å². The molecule has 0 radical (unpaired) electrons. The molecular formula is C18H20Cl2N6O2S2. The zero-order valence-corrected chi connectivity index (χ0v) is 19.3. The molecule has 8 nitrogen and oxygen atoms in total. The van der Waals surface area contributed by atoms with Crippen molar-refractivity contribution in [3.05, 3.63) is 51.1 Å². The minimum absolute atomic E-state index is 0.218. The van der Waals surface area contributed by atoms with Crippen LogP contribution in [0.5, 0.6) is 0 Å². The summed E-state index contributed by atoms with van der Waals surface area (Å²) in [6, 6.07) is 7.25. The van der Waals surface area contributed by atoms with Crippen molar-refractivity contribution in [2.45, 2.75) is 25.3 Å². The fraction of sp³-hybridized carbons (Fsp3) is 0.389. The van der Waals surface area contributed by atoms with Crippen molar-refractivity contribution in [2.24, 2.45) is 0 Å². The molecule has 3 aromatic rings. The normalized spacial score (nSPS) is 16.1. The second-order valence-corrected chi connectivity index (χ2v) is 10.9. The Balaban J connectivity index is 1.38. The molecule has 0 spiro atoms. The molecule has 0 bridgehead atoms. The molecule has 2 aromatic heterocycles. The van der Waals surface area contributed by atoms with Crippen molar-refractivity contribution in [3.8, 4) is 0 Å². The quantitative estimate of drug-likeness (QED) is 0.566. The fourth-order valence-electron chi connectivity index (χ4n) is 3.36. The van der Waals surface area contributed by atoms with Gasteiger partial charge >= 0.3 is 0 Å². The highest BCUT2D eigenvalue weighted by Crippen LogP contribution is 2.33. The van der Waals surface area contributed by atoms with Gasteiger partial charge in [-0.05, 0) is 25.0 Å². The number of anilines is 2. The Kier molecular flexibility index (Phi) is 6.31. The number of hydrogen-bond acceptors (Lipinski definition) is 7. The summed E-state index contributed by atoms with van der Waals surface area (Å²) >= 11 is 13.9. The number of hydrogen-bond donors (Lipinski definition) is 1. The van der Waals surface area contributed by atoms with Crippen LogP contribution < -0.4 is 5.32 Å². The van der Waals surface area contributed by atoms with E-state index in [1.165, 1.54) is 21.9 Å². The first kappa shape index (κ1) is 21.5. The van der Waals surface area contributed by atoms with E-state index in [0.717, 1.165) is 23.4 Å². The molecule has 1 aliphatic rings. The van der Waals surface area contributed by atoms with Gasteiger partial charge < -0.3 is 5.32 Å². The third kappa shape index (κ3) is 4.94. The van der Waals surface area contributed by atoms with Gasteiger partial charge in [0.05, 0.1) is 12.8 Å². The van der Waals surface area contributed by atoms with E-state index in [0.29, 0.717) is 40.6 Å². The summed E-state index contributed by atoms with van der Waals surface area (Å²) in [7, 11) is -3.13. The first-order chi connectivity index (χ1) is 14.3. The van der Waals surface area contributed by atoms with Gasteiger partial charge in [0.25, 0.3) is 0 Å². The second kappa shape index (κ2) is 8.80. The number of nitrogens with zero attached hydrogens (tertiary/aromatic N) is 5. The monoisotopic (exact) mass is 486 g/mol. The van der Waals surface area contributed by atoms with Crippen molar-refractivity contribution in [2.75, 3.05) is 24.7 Å². The van der Waals surface area contributed by atoms with E-state index >= 15 is 0 Å². The van der Waals surface area contributed by atoms with Gasteiger partial charge in [0.1, 0.15) is 5.01 Å². The topological polar surface area (TPSA) is 93.0 Å². The third-order valence-corrected chi connectivity index (χ3v) is 7.98. The van der Waals surface area contributed by atoms with E-state index in [-0.39, 0.29) is 5.92 Å². The van der Waals surface area contributed by atoms with Crippen LogP contribution in [0.1, 0.15) is 29.3 Å². The van der Waals surface area contributed by atoms with Crippen molar-refractivity contribution >= 4 is 55.5 Å². The third-order valence-electron chi connectivity index (χ3n) is 4.97. The van der Waals surface area contributed by atoms with Crippen LogP contribution in [0, 0.1) is 0 Å². The van der Waals surface area contributed by atoms with Crippen molar-refractivity contribution < 1.29 is 8.42 Å². The Labute approximate surface area is 188 Å². The predicted molar refractivity (Wildman–Crippen MR) is 119 cm³/mol. The Morgan fingerprint density at radius 2 is 1.87 bits per heavy atom. The Bertz CT molecular complexity index is 1120. The number of halogens is 2. The molecule has 4 rings (SSSR count). The summed E-state index contributed by atoms with van der Waals surface area (Å²) in [6.07, 6.45) is 4.58. The van der Waals surface area contributed by atoms with Crippen LogP contribution in [0.3, 0.4) is 0 Å². The summed E-state index contributed by atoms with van der Waals surface area (Å²) in [4.78, 5) is 0. The lowest BCUT2D eigenvalue weighted by atomic mass is 9.99. The summed E-state index contributed by atoms with van der Waals surface area (Å²) < 4.78 is 26.6. The van der Waals surface area contributed by atoms with Crippen molar-refractivity contribution in [3.63, 3.8) is 0 Å². The van der Waals surface area contributed by atoms with Gasteiger partial charge in [-0.2, -0.15) is 5.10 Å². The van der Waals surface area contributed by atoms with E-state index in [9.17, 15) is 8.42 Å². The molecule has 1 N–H and O–H groups in total. The minimum Gasteiger partial charge on any atom is -0.313 e. The number of rotatable bonds is 6. The molecule has 1 aromatic carbocycles. The largest absolute Gasteiger partial charge is 0.313 e. The predicted octanol–water partition coefficient (Wildman–Crippen LogP) is 3.97. The number of nitrogens with one attached hydrogen (secondary N) is 1. The molecule has 1 saturated heterocycles. The standard InChI is InChI=1S/C18H20Cl2N6O2S2/c1-30(27,28)26-9-5-12(6-10-26)17-22-23-18(29-17)21-16-7-8-25(24-16)11-13-14(19)3-2-4-15(13)20/h2-4,7-8,12H,5-6,9-11H2,1H3,(H,21,23,24). The smallest absolute Gasteiger partial charge is 0.211 e. The highest BCUT2D eigenvalue weighted by molar-refractivity contribution is 7.88. The summed E-state index contributed by atoms with van der Waals surface area (Å²) in [6.45, 7) is 1.49. The molecule has 30 heavy (non-hydrogen) atoms. The van der Waals surface area contributed by atoms with Crippen LogP contribution >= 0.6 is 34.5 Å². The fourth-order valence-corrected chi connectivity index (χ4v) is 5.67. The maximum Gasteiger partial charge on any atom is 0.211 e. The van der Waals surface area contributed by atoms with Gasteiger partial charge in [0.15, 0.2) is 5.82 Å². The SMILES string of the molecule is CS(=O)(=O)N1CCC(c2nnc(Nc3ccn(Cc4c(Cl)cccc4Cl)n3)s2)CC1. The minimum atomic E-state index is -3.13. The van der Waals surface area contributed by atoms with Gasteiger partial charge in [-0.1, -0.05) is 40.6 Å². The number of aromatic nitrogens is 4.